The topological polar surface area (TPSA) is 32.3 Å². The molecule has 2 nitrogen and oxygen atoms in total. The van der Waals surface area contributed by atoms with Crippen LogP contribution < -0.4 is 5.32 Å². The third-order valence-corrected chi connectivity index (χ3v) is 3.27. The van der Waals surface area contributed by atoms with Gasteiger partial charge in [0.15, 0.2) is 0 Å². The molecule has 0 aliphatic heterocycles. The molecule has 0 radical (unpaired) electrons. The average Bonchev–Trinajstić information content (AvgIpc) is 2.09. The van der Waals surface area contributed by atoms with Crippen molar-refractivity contribution in [2.75, 3.05) is 19.7 Å². The maximum absolute atomic E-state index is 8.70. The van der Waals surface area contributed by atoms with E-state index in [1.54, 1.807) is 0 Å². The van der Waals surface area contributed by atoms with Crippen molar-refractivity contribution in [1.29, 1.82) is 0 Å². The van der Waals surface area contributed by atoms with Gasteiger partial charge in [-0.1, -0.05) is 25.5 Å². The summed E-state index contributed by atoms with van der Waals surface area (Å²) in [6.45, 7) is 8.85. The summed E-state index contributed by atoms with van der Waals surface area (Å²) >= 11 is 0. The first-order valence-corrected chi connectivity index (χ1v) is 5.64. The van der Waals surface area contributed by atoms with Crippen molar-refractivity contribution in [2.45, 2.75) is 27.2 Å². The molecule has 0 bridgehead atoms. The highest BCUT2D eigenvalue weighted by Gasteiger charge is 2.25. The molecule has 1 rings (SSSR count). The quantitative estimate of drug-likeness (QED) is 0.532. The van der Waals surface area contributed by atoms with Crippen LogP contribution in [0.4, 0.5) is 0 Å². The highest BCUT2D eigenvalue weighted by molar-refractivity contribution is 5.08. The molecular formula is C12H23NO. The zero-order valence-electron chi connectivity index (χ0n) is 9.59. The summed E-state index contributed by atoms with van der Waals surface area (Å²) in [6.07, 6.45) is 3.63. The van der Waals surface area contributed by atoms with Gasteiger partial charge in [-0.3, -0.25) is 0 Å². The van der Waals surface area contributed by atoms with Gasteiger partial charge in [-0.25, -0.2) is 0 Å². The molecule has 0 aromatic rings. The lowest BCUT2D eigenvalue weighted by Gasteiger charge is -2.33. The lowest BCUT2D eigenvalue weighted by atomic mass is 9.75. The van der Waals surface area contributed by atoms with E-state index in [-0.39, 0.29) is 6.61 Å². The summed E-state index contributed by atoms with van der Waals surface area (Å²) in [7, 11) is 0. The molecule has 0 aromatic heterocycles. The second-order valence-corrected chi connectivity index (χ2v) is 4.65. The van der Waals surface area contributed by atoms with Gasteiger partial charge in [0.2, 0.25) is 0 Å². The largest absolute Gasteiger partial charge is 0.395 e. The Morgan fingerprint density at radius 1 is 1.50 bits per heavy atom. The number of rotatable bonds is 4. The van der Waals surface area contributed by atoms with Gasteiger partial charge in [0.05, 0.1) is 6.61 Å². The first-order chi connectivity index (χ1) is 6.65. The van der Waals surface area contributed by atoms with Gasteiger partial charge in [-0.05, 0) is 37.6 Å². The third-order valence-electron chi connectivity index (χ3n) is 3.27. The fourth-order valence-electron chi connectivity index (χ4n) is 2.55. The Balaban J connectivity index is 2.43. The normalized spacial score (nSPS) is 32.9. The molecule has 3 unspecified atom stereocenters. The van der Waals surface area contributed by atoms with Crippen LogP contribution >= 0.6 is 0 Å². The van der Waals surface area contributed by atoms with Crippen LogP contribution in [0.3, 0.4) is 0 Å². The Labute approximate surface area is 87.4 Å². The predicted octanol–water partition coefficient (Wildman–Crippen LogP) is 1.81. The molecule has 14 heavy (non-hydrogen) atoms. The van der Waals surface area contributed by atoms with Crippen molar-refractivity contribution in [3.8, 4) is 0 Å². The average molecular weight is 197 g/mol. The van der Waals surface area contributed by atoms with E-state index in [4.69, 9.17) is 5.11 Å². The van der Waals surface area contributed by atoms with Crippen LogP contribution in [0.5, 0.6) is 0 Å². The van der Waals surface area contributed by atoms with Crippen LogP contribution in [-0.2, 0) is 0 Å². The first kappa shape index (κ1) is 11.7. The number of hydrogen-bond acceptors (Lipinski definition) is 2. The van der Waals surface area contributed by atoms with E-state index >= 15 is 0 Å². The monoisotopic (exact) mass is 197 g/mol. The molecular weight excluding hydrogens is 174 g/mol. The highest BCUT2D eigenvalue weighted by atomic mass is 16.3. The Kier molecular flexibility index (Phi) is 4.63. The minimum atomic E-state index is 0.240. The molecule has 0 fully saturated rings. The van der Waals surface area contributed by atoms with Gasteiger partial charge < -0.3 is 10.4 Å². The van der Waals surface area contributed by atoms with E-state index in [9.17, 15) is 0 Å². The maximum atomic E-state index is 8.70. The van der Waals surface area contributed by atoms with E-state index in [1.807, 2.05) is 0 Å². The Bertz CT molecular complexity index is 200. The number of aliphatic hydroxyl groups excluding tert-OH is 1. The summed E-state index contributed by atoms with van der Waals surface area (Å²) in [5.74, 6) is 2.16. The molecule has 1 aliphatic rings. The smallest absolute Gasteiger partial charge is 0.0555 e. The number of nitrogens with one attached hydrogen (secondary N) is 1. The van der Waals surface area contributed by atoms with E-state index in [0.29, 0.717) is 5.92 Å². The minimum Gasteiger partial charge on any atom is -0.395 e. The van der Waals surface area contributed by atoms with Crippen LogP contribution in [0.25, 0.3) is 0 Å². The van der Waals surface area contributed by atoms with E-state index in [0.717, 1.165) is 24.9 Å². The molecule has 0 heterocycles. The summed E-state index contributed by atoms with van der Waals surface area (Å²) in [4.78, 5) is 0. The summed E-state index contributed by atoms with van der Waals surface area (Å²) in [6, 6.07) is 0. The van der Waals surface area contributed by atoms with Crippen molar-refractivity contribution in [3.63, 3.8) is 0 Å². The van der Waals surface area contributed by atoms with Gasteiger partial charge in [-0.15, -0.1) is 0 Å². The predicted molar refractivity (Wildman–Crippen MR) is 60.1 cm³/mol. The maximum Gasteiger partial charge on any atom is 0.0555 e. The molecule has 0 saturated heterocycles. The molecule has 0 amide bonds. The first-order valence-electron chi connectivity index (χ1n) is 5.64. The van der Waals surface area contributed by atoms with Crippen LogP contribution in [0.15, 0.2) is 11.6 Å². The van der Waals surface area contributed by atoms with Gasteiger partial charge >= 0.3 is 0 Å². The van der Waals surface area contributed by atoms with Crippen molar-refractivity contribution < 1.29 is 5.11 Å². The Morgan fingerprint density at radius 2 is 2.21 bits per heavy atom. The second kappa shape index (κ2) is 5.52. The molecule has 3 atom stereocenters. The van der Waals surface area contributed by atoms with Gasteiger partial charge in [0.1, 0.15) is 0 Å². The van der Waals surface area contributed by atoms with Crippen LogP contribution in [-0.4, -0.2) is 24.8 Å². The number of hydrogen-bond donors (Lipinski definition) is 2. The lowest BCUT2D eigenvalue weighted by Crippen LogP contribution is -2.34. The molecule has 2 N–H and O–H groups in total. The van der Waals surface area contributed by atoms with Crippen molar-refractivity contribution in [1.82, 2.24) is 5.32 Å². The summed E-state index contributed by atoms with van der Waals surface area (Å²) in [5.41, 5.74) is 1.53. The van der Waals surface area contributed by atoms with Crippen molar-refractivity contribution in [3.05, 3.63) is 11.6 Å². The molecule has 0 saturated carbocycles. The molecule has 2 heteroatoms. The lowest BCUT2D eigenvalue weighted by molar-refractivity contribution is 0.243. The Morgan fingerprint density at radius 3 is 2.79 bits per heavy atom. The fourth-order valence-corrected chi connectivity index (χ4v) is 2.55. The van der Waals surface area contributed by atoms with E-state index in [1.165, 1.54) is 12.0 Å². The second-order valence-electron chi connectivity index (χ2n) is 4.65. The highest BCUT2D eigenvalue weighted by Crippen LogP contribution is 2.32. The number of allylic oxidation sites excluding steroid dienone is 2. The zero-order chi connectivity index (χ0) is 10.6. The molecule has 1 aliphatic carbocycles. The third kappa shape index (κ3) is 3.10. The molecule has 82 valence electrons. The standard InChI is InChI=1S/C12H23NO/c1-9-6-10(2)12(11(3)7-9)8-13-4-5-14/h6,10-14H,4-5,7-8H2,1-3H3. The Hall–Kier alpha value is -0.340. The molecule has 0 aromatic carbocycles. The summed E-state index contributed by atoms with van der Waals surface area (Å²) in [5, 5.41) is 12.0. The van der Waals surface area contributed by atoms with Gasteiger partial charge in [0.25, 0.3) is 0 Å². The number of aliphatic hydroxyl groups is 1. The van der Waals surface area contributed by atoms with Crippen molar-refractivity contribution >= 4 is 0 Å². The SMILES string of the molecule is CC1=CC(C)C(CNCCO)C(C)C1. The van der Waals surface area contributed by atoms with Gasteiger partial charge in [0, 0.05) is 6.54 Å². The van der Waals surface area contributed by atoms with Crippen LogP contribution in [0, 0.1) is 17.8 Å². The van der Waals surface area contributed by atoms with E-state index in [2.05, 4.69) is 32.2 Å². The zero-order valence-corrected chi connectivity index (χ0v) is 9.59. The van der Waals surface area contributed by atoms with Crippen molar-refractivity contribution in [2.24, 2.45) is 17.8 Å². The van der Waals surface area contributed by atoms with Crippen LogP contribution in [0.2, 0.25) is 0 Å². The van der Waals surface area contributed by atoms with Gasteiger partial charge in [-0.2, -0.15) is 0 Å². The summed E-state index contributed by atoms with van der Waals surface area (Å²) < 4.78 is 0. The van der Waals surface area contributed by atoms with E-state index < -0.39 is 0 Å². The van der Waals surface area contributed by atoms with Crippen LogP contribution in [0.1, 0.15) is 27.2 Å². The fraction of sp³-hybridized carbons (Fsp3) is 0.833. The minimum absolute atomic E-state index is 0.240. The molecule has 0 spiro atoms.